The van der Waals surface area contributed by atoms with Gasteiger partial charge < -0.3 is 15.4 Å². The quantitative estimate of drug-likeness (QED) is 0.263. The van der Waals surface area contributed by atoms with Crippen LogP contribution in [0.15, 0.2) is 16.6 Å². The molecule has 0 amide bonds. The molecule has 0 spiro atoms. The van der Waals surface area contributed by atoms with Crippen LogP contribution in [0.3, 0.4) is 0 Å². The minimum atomic E-state index is 0. The number of hydrogen-bond acceptors (Lipinski definition) is 3. The molecule has 1 atom stereocenters. The number of halogens is 1. The summed E-state index contributed by atoms with van der Waals surface area (Å²) in [6.45, 7) is 10.4. The maximum Gasteiger partial charge on any atom is 0.191 e. The first kappa shape index (κ1) is 22.7. The lowest BCUT2D eigenvalue weighted by Gasteiger charge is -2.34. The van der Waals surface area contributed by atoms with E-state index in [0.717, 1.165) is 51.7 Å². The number of rotatable bonds is 7. The van der Waals surface area contributed by atoms with Crippen molar-refractivity contribution >= 4 is 29.9 Å². The zero-order valence-corrected chi connectivity index (χ0v) is 18.6. The molecule has 0 aromatic rings. The molecule has 0 aromatic heterocycles. The highest BCUT2D eigenvalue weighted by atomic mass is 127. The van der Waals surface area contributed by atoms with E-state index in [9.17, 15) is 0 Å². The number of aliphatic imine (C=N–C) groups is 1. The molecule has 2 aliphatic rings. The highest BCUT2D eigenvalue weighted by Crippen LogP contribution is 2.19. The Morgan fingerprint density at radius 1 is 1.36 bits per heavy atom. The molecule has 0 bridgehead atoms. The Bertz CT molecular complexity index is 426. The first-order valence-corrected chi connectivity index (χ1v) is 9.63. The molecule has 25 heavy (non-hydrogen) atoms. The first-order chi connectivity index (χ1) is 11.7. The first-order valence-electron chi connectivity index (χ1n) is 9.63. The van der Waals surface area contributed by atoms with E-state index >= 15 is 0 Å². The van der Waals surface area contributed by atoms with E-state index in [-0.39, 0.29) is 30.1 Å². The van der Waals surface area contributed by atoms with Crippen molar-refractivity contribution in [2.75, 3.05) is 46.4 Å². The van der Waals surface area contributed by atoms with Gasteiger partial charge >= 0.3 is 0 Å². The maximum absolute atomic E-state index is 5.89. The van der Waals surface area contributed by atoms with Gasteiger partial charge in [0, 0.05) is 39.8 Å². The molecule has 2 N–H and O–H groups in total. The minimum Gasteiger partial charge on any atom is -0.374 e. The van der Waals surface area contributed by atoms with E-state index in [4.69, 9.17) is 4.74 Å². The van der Waals surface area contributed by atoms with E-state index in [2.05, 4.69) is 40.4 Å². The van der Waals surface area contributed by atoms with Gasteiger partial charge in [-0.15, -0.1) is 24.0 Å². The van der Waals surface area contributed by atoms with Crippen molar-refractivity contribution in [1.29, 1.82) is 0 Å². The summed E-state index contributed by atoms with van der Waals surface area (Å²) in [4.78, 5) is 6.83. The van der Waals surface area contributed by atoms with Crippen LogP contribution in [0.4, 0.5) is 0 Å². The third-order valence-corrected chi connectivity index (χ3v) is 4.69. The Balaban J connectivity index is 0.00000312. The normalized spacial score (nSPS) is 22.3. The molecular formula is C19H37IN4O. The standard InChI is InChI=1S/C19H36N4O.HI/c1-16(2)14-23-11-12-24-18(15-23)13-22-19(20-3)21-10-9-17-7-5-4-6-8-17;/h7,16,18H,4-6,8-15H2,1-3H3,(H2,20,21,22);1H. The van der Waals surface area contributed by atoms with Crippen molar-refractivity contribution in [2.24, 2.45) is 10.9 Å². The summed E-state index contributed by atoms with van der Waals surface area (Å²) in [5.74, 6) is 1.59. The number of ether oxygens (including phenoxy) is 1. The second kappa shape index (κ2) is 12.9. The van der Waals surface area contributed by atoms with Crippen LogP contribution in [-0.2, 0) is 4.74 Å². The van der Waals surface area contributed by atoms with Crippen LogP contribution >= 0.6 is 24.0 Å². The topological polar surface area (TPSA) is 48.9 Å². The Hall–Kier alpha value is -0.340. The molecule has 1 heterocycles. The summed E-state index contributed by atoms with van der Waals surface area (Å²) >= 11 is 0. The predicted molar refractivity (Wildman–Crippen MR) is 117 cm³/mol. The largest absolute Gasteiger partial charge is 0.374 e. The number of nitrogens with zero attached hydrogens (tertiary/aromatic N) is 2. The van der Waals surface area contributed by atoms with Crippen molar-refractivity contribution < 1.29 is 4.74 Å². The second-order valence-corrected chi connectivity index (χ2v) is 7.38. The van der Waals surface area contributed by atoms with E-state index in [1.807, 2.05) is 7.05 Å². The average Bonchev–Trinajstić information content (AvgIpc) is 2.58. The zero-order chi connectivity index (χ0) is 17.2. The van der Waals surface area contributed by atoms with Crippen molar-refractivity contribution in [3.63, 3.8) is 0 Å². The third-order valence-electron chi connectivity index (χ3n) is 4.69. The Morgan fingerprint density at radius 3 is 2.88 bits per heavy atom. The molecule has 146 valence electrons. The summed E-state index contributed by atoms with van der Waals surface area (Å²) in [6, 6.07) is 0. The van der Waals surface area contributed by atoms with E-state index < -0.39 is 0 Å². The van der Waals surface area contributed by atoms with Crippen LogP contribution in [0.2, 0.25) is 0 Å². The Morgan fingerprint density at radius 2 is 2.20 bits per heavy atom. The number of allylic oxidation sites excluding steroid dienone is 1. The maximum atomic E-state index is 5.89. The van der Waals surface area contributed by atoms with Crippen LogP contribution in [0.1, 0.15) is 46.0 Å². The molecule has 2 rings (SSSR count). The van der Waals surface area contributed by atoms with Crippen molar-refractivity contribution in [2.45, 2.75) is 52.1 Å². The lowest BCUT2D eigenvalue weighted by Crippen LogP contribution is -2.50. The van der Waals surface area contributed by atoms with Gasteiger partial charge in [-0.25, -0.2) is 0 Å². The molecular weight excluding hydrogens is 427 g/mol. The molecule has 6 heteroatoms. The summed E-state index contributed by atoms with van der Waals surface area (Å²) in [5.41, 5.74) is 1.60. The molecule has 1 aliphatic heterocycles. The summed E-state index contributed by atoms with van der Waals surface area (Å²) in [5, 5.41) is 6.85. The SMILES string of the molecule is CN=C(NCCC1=CCCCC1)NCC1CN(CC(C)C)CCO1.I. The monoisotopic (exact) mass is 464 g/mol. The van der Waals surface area contributed by atoms with Gasteiger partial charge in [0.25, 0.3) is 0 Å². The van der Waals surface area contributed by atoms with Gasteiger partial charge in [0.15, 0.2) is 5.96 Å². The van der Waals surface area contributed by atoms with Crippen LogP contribution in [-0.4, -0.2) is 63.3 Å². The number of guanidine groups is 1. The fourth-order valence-corrected chi connectivity index (χ4v) is 3.49. The highest BCUT2D eigenvalue weighted by Gasteiger charge is 2.21. The molecule has 5 nitrogen and oxygen atoms in total. The van der Waals surface area contributed by atoms with Crippen molar-refractivity contribution in [1.82, 2.24) is 15.5 Å². The Kier molecular flexibility index (Phi) is 11.7. The predicted octanol–water partition coefficient (Wildman–Crippen LogP) is 3.02. The summed E-state index contributed by atoms with van der Waals surface area (Å²) < 4.78 is 5.89. The summed E-state index contributed by atoms with van der Waals surface area (Å²) in [6.07, 6.45) is 9.03. The van der Waals surface area contributed by atoms with E-state index in [1.165, 1.54) is 25.7 Å². The van der Waals surface area contributed by atoms with Crippen LogP contribution in [0, 0.1) is 5.92 Å². The van der Waals surface area contributed by atoms with Gasteiger partial charge in [0.05, 0.1) is 12.7 Å². The number of nitrogens with one attached hydrogen (secondary N) is 2. The summed E-state index contributed by atoms with van der Waals surface area (Å²) in [7, 11) is 1.84. The number of morpholine rings is 1. The van der Waals surface area contributed by atoms with E-state index in [1.54, 1.807) is 5.57 Å². The van der Waals surface area contributed by atoms with Gasteiger partial charge in [0.1, 0.15) is 0 Å². The molecule has 0 radical (unpaired) electrons. The molecule has 0 aromatic carbocycles. The number of hydrogen-bond donors (Lipinski definition) is 2. The van der Waals surface area contributed by atoms with Gasteiger partial charge in [-0.3, -0.25) is 9.89 Å². The smallest absolute Gasteiger partial charge is 0.191 e. The van der Waals surface area contributed by atoms with Crippen molar-refractivity contribution in [3.05, 3.63) is 11.6 Å². The zero-order valence-electron chi connectivity index (χ0n) is 16.2. The highest BCUT2D eigenvalue weighted by molar-refractivity contribution is 14.0. The van der Waals surface area contributed by atoms with Gasteiger partial charge in [-0.1, -0.05) is 25.5 Å². The van der Waals surface area contributed by atoms with Gasteiger partial charge in [0.2, 0.25) is 0 Å². The van der Waals surface area contributed by atoms with Crippen LogP contribution < -0.4 is 10.6 Å². The van der Waals surface area contributed by atoms with Crippen molar-refractivity contribution in [3.8, 4) is 0 Å². The molecule has 1 unspecified atom stereocenters. The third kappa shape index (κ3) is 9.24. The second-order valence-electron chi connectivity index (χ2n) is 7.38. The molecule has 1 fully saturated rings. The molecule has 1 aliphatic carbocycles. The molecule has 1 saturated heterocycles. The molecule has 0 saturated carbocycles. The fourth-order valence-electron chi connectivity index (χ4n) is 3.49. The van der Waals surface area contributed by atoms with E-state index in [0.29, 0.717) is 5.92 Å². The van der Waals surface area contributed by atoms with Crippen LogP contribution in [0.25, 0.3) is 0 Å². The lowest BCUT2D eigenvalue weighted by molar-refractivity contribution is -0.0284. The van der Waals surface area contributed by atoms with Crippen LogP contribution in [0.5, 0.6) is 0 Å². The fraction of sp³-hybridized carbons (Fsp3) is 0.842. The Labute approximate surface area is 171 Å². The minimum absolute atomic E-state index is 0. The van der Waals surface area contributed by atoms with Gasteiger partial charge in [-0.2, -0.15) is 0 Å². The average molecular weight is 464 g/mol. The van der Waals surface area contributed by atoms with Gasteiger partial charge in [-0.05, 0) is 38.0 Å². The lowest BCUT2D eigenvalue weighted by atomic mass is 9.97.